The Kier molecular flexibility index (Phi) is 4.80. The van der Waals surface area contributed by atoms with Gasteiger partial charge in [-0.25, -0.2) is 4.79 Å². The molecule has 1 N–H and O–H groups in total. The molecule has 22 heavy (non-hydrogen) atoms. The molecular formula is C14H14F3N3OS. The molecule has 4 nitrogen and oxygen atoms in total. The number of thioether (sulfide) groups is 1. The van der Waals surface area contributed by atoms with Crippen LogP contribution in [0.5, 0.6) is 0 Å². The fourth-order valence-electron chi connectivity index (χ4n) is 1.87. The summed E-state index contributed by atoms with van der Waals surface area (Å²) in [5.41, 5.74) is -0.422. The van der Waals surface area contributed by atoms with Crippen molar-refractivity contribution in [1.29, 1.82) is 0 Å². The fraction of sp³-hybridized carbons (Fsp3) is 0.286. The van der Waals surface area contributed by atoms with Crippen molar-refractivity contribution in [1.82, 2.24) is 5.32 Å². The van der Waals surface area contributed by atoms with Crippen molar-refractivity contribution in [3.8, 4) is 0 Å². The first kappa shape index (κ1) is 16.4. The maximum absolute atomic E-state index is 12.8. The molecule has 0 unspecified atom stereocenters. The van der Waals surface area contributed by atoms with E-state index < -0.39 is 17.8 Å². The molecule has 1 saturated heterocycles. The summed E-state index contributed by atoms with van der Waals surface area (Å²) >= 11 is 1.18. The summed E-state index contributed by atoms with van der Waals surface area (Å²) in [6.45, 7) is 6.28. The van der Waals surface area contributed by atoms with Gasteiger partial charge < -0.3 is 10.2 Å². The standard InChI is InChI=1S/C14H14F3N3OS/c1-3-18-12(21)19-13-20(8-9(2)22-13)11-6-4-5-10(7-11)14(15,16)17/h4-7H,2-3,8H2,1H3,(H,18,21). The van der Waals surface area contributed by atoms with E-state index >= 15 is 0 Å². The van der Waals surface area contributed by atoms with Gasteiger partial charge in [0.2, 0.25) is 0 Å². The van der Waals surface area contributed by atoms with Gasteiger partial charge in [0, 0.05) is 17.1 Å². The van der Waals surface area contributed by atoms with E-state index in [1.807, 2.05) is 0 Å². The highest BCUT2D eigenvalue weighted by Crippen LogP contribution is 2.36. The van der Waals surface area contributed by atoms with E-state index in [9.17, 15) is 18.0 Å². The number of amides is 2. The lowest BCUT2D eigenvalue weighted by atomic mass is 10.2. The first-order valence-electron chi connectivity index (χ1n) is 6.48. The van der Waals surface area contributed by atoms with Crippen molar-refractivity contribution in [2.24, 2.45) is 4.99 Å². The molecule has 118 valence electrons. The molecule has 2 amide bonds. The molecule has 0 aromatic heterocycles. The molecule has 0 radical (unpaired) electrons. The highest BCUT2D eigenvalue weighted by molar-refractivity contribution is 8.18. The zero-order valence-electron chi connectivity index (χ0n) is 11.8. The van der Waals surface area contributed by atoms with E-state index in [0.717, 1.165) is 12.1 Å². The number of amidine groups is 1. The normalized spacial score (nSPS) is 17.2. The predicted octanol–water partition coefficient (Wildman–Crippen LogP) is 3.86. The van der Waals surface area contributed by atoms with Crippen molar-refractivity contribution in [3.05, 3.63) is 41.3 Å². The number of alkyl halides is 3. The summed E-state index contributed by atoms with van der Waals surface area (Å²) in [6, 6.07) is 4.38. The number of urea groups is 1. The summed E-state index contributed by atoms with van der Waals surface area (Å²) in [4.78, 5) is 17.7. The van der Waals surface area contributed by atoms with Crippen LogP contribution < -0.4 is 10.2 Å². The number of nitrogens with one attached hydrogen (secondary N) is 1. The first-order chi connectivity index (χ1) is 10.3. The van der Waals surface area contributed by atoms with E-state index in [1.54, 1.807) is 13.0 Å². The van der Waals surface area contributed by atoms with E-state index in [-0.39, 0.29) is 0 Å². The monoisotopic (exact) mass is 329 g/mol. The molecule has 8 heteroatoms. The van der Waals surface area contributed by atoms with Crippen molar-refractivity contribution in [2.45, 2.75) is 13.1 Å². The predicted molar refractivity (Wildman–Crippen MR) is 82.0 cm³/mol. The maximum atomic E-state index is 12.8. The third kappa shape index (κ3) is 3.82. The van der Waals surface area contributed by atoms with Crippen LogP contribution in [0.1, 0.15) is 12.5 Å². The van der Waals surface area contributed by atoms with Gasteiger partial charge in [-0.05, 0) is 25.1 Å². The van der Waals surface area contributed by atoms with Crippen LogP contribution in [0.25, 0.3) is 0 Å². The minimum absolute atomic E-state index is 0.310. The first-order valence-corrected chi connectivity index (χ1v) is 7.30. The van der Waals surface area contributed by atoms with Gasteiger partial charge in [-0.15, -0.1) is 0 Å². The molecule has 0 aliphatic carbocycles. The maximum Gasteiger partial charge on any atom is 0.416 e. The van der Waals surface area contributed by atoms with Crippen molar-refractivity contribution in [3.63, 3.8) is 0 Å². The second kappa shape index (κ2) is 6.43. The quantitative estimate of drug-likeness (QED) is 0.896. The Balaban J connectivity index is 2.33. The molecule has 1 aromatic rings. The number of hydrogen-bond donors (Lipinski definition) is 1. The van der Waals surface area contributed by atoms with E-state index in [0.29, 0.717) is 28.8 Å². The highest BCUT2D eigenvalue weighted by Gasteiger charge is 2.32. The summed E-state index contributed by atoms with van der Waals surface area (Å²) in [6.07, 6.45) is -4.42. The molecule has 1 heterocycles. The van der Waals surface area contributed by atoms with Gasteiger partial charge in [-0.3, -0.25) is 0 Å². The third-order valence-electron chi connectivity index (χ3n) is 2.81. The van der Waals surface area contributed by atoms with E-state index in [1.165, 1.54) is 22.7 Å². The average Bonchev–Trinajstić information content (AvgIpc) is 2.79. The number of anilines is 1. The van der Waals surface area contributed by atoms with Gasteiger partial charge in [-0.2, -0.15) is 18.2 Å². The molecule has 2 rings (SSSR count). The lowest BCUT2D eigenvalue weighted by molar-refractivity contribution is -0.137. The number of carbonyl (C=O) groups excluding carboxylic acids is 1. The summed E-state index contributed by atoms with van der Waals surface area (Å²) in [7, 11) is 0. The Bertz CT molecular complexity index is 628. The van der Waals surface area contributed by atoms with Crippen molar-refractivity contribution >= 4 is 28.6 Å². The number of carbonyl (C=O) groups is 1. The number of halogens is 3. The largest absolute Gasteiger partial charge is 0.416 e. The average molecular weight is 329 g/mol. The van der Waals surface area contributed by atoms with Crippen LogP contribution >= 0.6 is 11.8 Å². The Morgan fingerprint density at radius 1 is 1.50 bits per heavy atom. The Morgan fingerprint density at radius 2 is 2.23 bits per heavy atom. The highest BCUT2D eigenvalue weighted by atomic mass is 32.2. The van der Waals surface area contributed by atoms with Gasteiger partial charge in [0.1, 0.15) is 0 Å². The van der Waals surface area contributed by atoms with Crippen LogP contribution in [-0.2, 0) is 6.18 Å². The van der Waals surface area contributed by atoms with Crippen LogP contribution in [0.15, 0.2) is 40.7 Å². The second-order valence-corrected chi connectivity index (χ2v) is 5.65. The Hall–Kier alpha value is -1.96. The van der Waals surface area contributed by atoms with Crippen molar-refractivity contribution < 1.29 is 18.0 Å². The topological polar surface area (TPSA) is 44.7 Å². The van der Waals surface area contributed by atoms with Crippen LogP contribution in [0.3, 0.4) is 0 Å². The summed E-state index contributed by atoms with van der Waals surface area (Å²) in [5, 5.41) is 2.83. The number of aliphatic imine (C=N–C) groups is 1. The lowest BCUT2D eigenvalue weighted by Gasteiger charge is -2.19. The minimum atomic E-state index is -4.42. The SMILES string of the molecule is C=C1CN(c2cccc(C(F)(F)F)c2)C(=NC(=O)NCC)S1. The molecule has 1 aromatic carbocycles. The Morgan fingerprint density at radius 3 is 2.86 bits per heavy atom. The molecule has 0 saturated carbocycles. The number of benzene rings is 1. The smallest absolute Gasteiger partial charge is 0.336 e. The number of rotatable bonds is 2. The molecule has 1 fully saturated rings. The second-order valence-electron chi connectivity index (χ2n) is 4.50. The third-order valence-corrected chi connectivity index (χ3v) is 3.72. The van der Waals surface area contributed by atoms with E-state index in [2.05, 4.69) is 16.9 Å². The summed E-state index contributed by atoms with van der Waals surface area (Å²) in [5.74, 6) is 0. The van der Waals surface area contributed by atoms with Gasteiger partial charge >= 0.3 is 12.2 Å². The van der Waals surface area contributed by atoms with Crippen molar-refractivity contribution in [2.75, 3.05) is 18.0 Å². The molecule has 0 spiro atoms. The zero-order valence-corrected chi connectivity index (χ0v) is 12.6. The number of hydrogen-bond acceptors (Lipinski definition) is 2. The number of nitrogens with zero attached hydrogens (tertiary/aromatic N) is 2. The van der Waals surface area contributed by atoms with Gasteiger partial charge in [-0.1, -0.05) is 24.4 Å². The van der Waals surface area contributed by atoms with Gasteiger partial charge in [0.25, 0.3) is 0 Å². The molecule has 1 aliphatic rings. The summed E-state index contributed by atoms with van der Waals surface area (Å²) < 4.78 is 38.4. The van der Waals surface area contributed by atoms with Gasteiger partial charge in [0.15, 0.2) is 5.17 Å². The molecule has 1 aliphatic heterocycles. The zero-order chi connectivity index (χ0) is 16.3. The van der Waals surface area contributed by atoms with Crippen LogP contribution in [0.4, 0.5) is 23.7 Å². The molecule has 0 atom stereocenters. The minimum Gasteiger partial charge on any atom is -0.336 e. The van der Waals surface area contributed by atoms with E-state index in [4.69, 9.17) is 0 Å². The van der Waals surface area contributed by atoms with Crippen LogP contribution in [0, 0.1) is 0 Å². The Labute approximate surface area is 130 Å². The fourth-order valence-corrected chi connectivity index (χ4v) is 2.73. The molecular weight excluding hydrogens is 315 g/mol. The van der Waals surface area contributed by atoms with Gasteiger partial charge in [0.05, 0.1) is 12.1 Å². The molecule has 0 bridgehead atoms. The van der Waals surface area contributed by atoms with Crippen LogP contribution in [0.2, 0.25) is 0 Å². The van der Waals surface area contributed by atoms with Crippen LogP contribution in [-0.4, -0.2) is 24.3 Å². The lowest BCUT2D eigenvalue weighted by Crippen LogP contribution is -2.27.